The van der Waals surface area contributed by atoms with Crippen LogP contribution in [-0.2, 0) is 16.0 Å². The molecule has 1 saturated carbocycles. The van der Waals surface area contributed by atoms with Gasteiger partial charge in [0.25, 0.3) is 5.56 Å². The molecule has 7 heteroatoms. The maximum atomic E-state index is 13.1. The van der Waals surface area contributed by atoms with Crippen LogP contribution in [0, 0.1) is 5.92 Å². The van der Waals surface area contributed by atoms with E-state index in [1.807, 2.05) is 29.2 Å². The number of aromatic nitrogens is 2. The average molecular weight is 439 g/mol. The number of rotatable bonds is 8. The van der Waals surface area contributed by atoms with Gasteiger partial charge in [-0.2, -0.15) is 0 Å². The lowest BCUT2D eigenvalue weighted by molar-refractivity contribution is -0.138. The van der Waals surface area contributed by atoms with Crippen molar-refractivity contribution in [2.75, 3.05) is 13.1 Å². The monoisotopic (exact) mass is 438 g/mol. The average Bonchev–Trinajstić information content (AvgIpc) is 3.63. The molecular weight excluding hydrogens is 404 g/mol. The number of aryl methyl sites for hydroxylation is 1. The molecule has 1 N–H and O–H groups in total. The maximum Gasteiger partial charge on any atom is 0.261 e. The minimum atomic E-state index is -0.143. The second-order valence-corrected chi connectivity index (χ2v) is 9.27. The van der Waals surface area contributed by atoms with Gasteiger partial charge in [0.15, 0.2) is 0 Å². The predicted octanol–water partition coefficient (Wildman–Crippen LogP) is 3.21. The number of nitrogens with zero attached hydrogens (tertiary/aromatic N) is 3. The third-order valence-electron chi connectivity index (χ3n) is 6.76. The maximum absolute atomic E-state index is 13.1. The fraction of sp³-hybridized carbons (Fsp3) is 0.600. The molecule has 32 heavy (non-hydrogen) atoms. The lowest BCUT2D eigenvalue weighted by Gasteiger charge is -2.37. The zero-order valence-electron chi connectivity index (χ0n) is 19.2. The van der Waals surface area contributed by atoms with Crippen molar-refractivity contribution in [3.8, 4) is 0 Å². The van der Waals surface area contributed by atoms with E-state index >= 15 is 0 Å². The first-order chi connectivity index (χ1) is 15.5. The fourth-order valence-corrected chi connectivity index (χ4v) is 4.64. The Labute approximate surface area is 189 Å². The topological polar surface area (TPSA) is 84.3 Å². The van der Waals surface area contributed by atoms with Gasteiger partial charge in [-0.3, -0.25) is 19.0 Å². The molecule has 2 atom stereocenters. The number of carbonyl (C=O) groups is 2. The van der Waals surface area contributed by atoms with E-state index in [9.17, 15) is 14.4 Å². The molecule has 0 spiro atoms. The van der Waals surface area contributed by atoms with Crippen molar-refractivity contribution in [1.82, 2.24) is 19.8 Å². The first kappa shape index (κ1) is 22.5. The van der Waals surface area contributed by atoms with Crippen molar-refractivity contribution in [3.63, 3.8) is 0 Å². The molecule has 1 aliphatic heterocycles. The van der Waals surface area contributed by atoms with Gasteiger partial charge in [-0.15, -0.1) is 0 Å². The van der Waals surface area contributed by atoms with Gasteiger partial charge in [0.2, 0.25) is 11.8 Å². The molecule has 2 aromatic rings. The number of piperidine rings is 1. The zero-order valence-corrected chi connectivity index (χ0v) is 19.2. The van der Waals surface area contributed by atoms with E-state index in [0.717, 1.165) is 38.5 Å². The summed E-state index contributed by atoms with van der Waals surface area (Å²) in [6.07, 6.45) is 6.37. The molecule has 1 aromatic carbocycles. The number of para-hydroxylation sites is 1. The molecule has 1 aromatic heterocycles. The summed E-state index contributed by atoms with van der Waals surface area (Å²) in [5.74, 6) is 0.647. The van der Waals surface area contributed by atoms with Crippen LogP contribution in [0.1, 0.15) is 70.7 Å². The van der Waals surface area contributed by atoms with Gasteiger partial charge in [-0.25, -0.2) is 4.98 Å². The van der Waals surface area contributed by atoms with Crippen molar-refractivity contribution in [2.24, 2.45) is 5.92 Å². The van der Waals surface area contributed by atoms with E-state index in [1.165, 1.54) is 0 Å². The van der Waals surface area contributed by atoms with Crippen LogP contribution < -0.4 is 10.9 Å². The molecule has 0 bridgehead atoms. The van der Waals surface area contributed by atoms with Crippen LogP contribution in [0.25, 0.3) is 10.9 Å². The molecule has 172 valence electrons. The molecular formula is C25H34N4O3. The van der Waals surface area contributed by atoms with Gasteiger partial charge < -0.3 is 10.2 Å². The molecule has 4 rings (SSSR count). The summed E-state index contributed by atoms with van der Waals surface area (Å²) >= 11 is 0. The van der Waals surface area contributed by atoms with Crippen molar-refractivity contribution >= 4 is 22.7 Å². The normalized spacial score (nSPS) is 21.0. The smallest absolute Gasteiger partial charge is 0.261 e. The highest BCUT2D eigenvalue weighted by Gasteiger charge is 2.33. The standard InChI is InChI=1S/C25H34N4O3/c1-3-4-15-26-24(31)18-10-9-17(2)28(16-18)23(30)14-13-22-27-21-8-6-5-7-20(21)25(32)29(22)19-11-12-19/h5-8,17-19H,3-4,9-16H2,1-2H3,(H,26,31). The number of hydrogen-bond donors (Lipinski definition) is 1. The summed E-state index contributed by atoms with van der Waals surface area (Å²) in [5.41, 5.74) is 0.683. The number of unbranched alkanes of at least 4 members (excludes halogenated alkanes) is 1. The minimum absolute atomic E-state index is 0.00398. The van der Waals surface area contributed by atoms with Gasteiger partial charge in [0.1, 0.15) is 5.82 Å². The zero-order chi connectivity index (χ0) is 22.7. The van der Waals surface area contributed by atoms with E-state index in [-0.39, 0.29) is 35.4 Å². The summed E-state index contributed by atoms with van der Waals surface area (Å²) in [6, 6.07) is 7.74. The van der Waals surface area contributed by atoms with E-state index in [0.29, 0.717) is 42.7 Å². The summed E-state index contributed by atoms with van der Waals surface area (Å²) in [4.78, 5) is 45.3. The van der Waals surface area contributed by atoms with Crippen molar-refractivity contribution in [1.29, 1.82) is 0 Å². The van der Waals surface area contributed by atoms with Gasteiger partial charge in [-0.05, 0) is 51.2 Å². The first-order valence-electron chi connectivity index (χ1n) is 12.1. The molecule has 1 aliphatic carbocycles. The summed E-state index contributed by atoms with van der Waals surface area (Å²) < 4.78 is 1.80. The third-order valence-corrected chi connectivity index (χ3v) is 6.76. The van der Waals surface area contributed by atoms with Crippen molar-refractivity contribution < 1.29 is 9.59 Å². The Balaban J connectivity index is 1.45. The molecule has 2 unspecified atom stereocenters. The molecule has 2 fully saturated rings. The summed E-state index contributed by atoms with van der Waals surface area (Å²) in [5, 5.41) is 3.65. The van der Waals surface area contributed by atoms with Crippen molar-refractivity contribution in [3.05, 3.63) is 40.4 Å². The summed E-state index contributed by atoms with van der Waals surface area (Å²) in [6.45, 7) is 5.32. The highest BCUT2D eigenvalue weighted by atomic mass is 16.2. The van der Waals surface area contributed by atoms with E-state index in [4.69, 9.17) is 4.98 Å². The Bertz CT molecular complexity index is 1040. The Morgan fingerprint density at radius 1 is 1.16 bits per heavy atom. The van der Waals surface area contributed by atoms with Crippen LogP contribution in [0.15, 0.2) is 29.1 Å². The third kappa shape index (κ3) is 4.87. The van der Waals surface area contributed by atoms with Crippen LogP contribution in [-0.4, -0.2) is 45.4 Å². The van der Waals surface area contributed by atoms with E-state index < -0.39 is 0 Å². The molecule has 1 saturated heterocycles. The number of carbonyl (C=O) groups excluding carboxylic acids is 2. The Morgan fingerprint density at radius 2 is 1.94 bits per heavy atom. The lowest BCUT2D eigenvalue weighted by Crippen LogP contribution is -2.49. The molecule has 2 heterocycles. The fourth-order valence-electron chi connectivity index (χ4n) is 4.64. The summed E-state index contributed by atoms with van der Waals surface area (Å²) in [7, 11) is 0. The Kier molecular flexibility index (Phi) is 6.92. The number of nitrogens with one attached hydrogen (secondary N) is 1. The minimum Gasteiger partial charge on any atom is -0.356 e. The number of benzene rings is 1. The van der Waals surface area contributed by atoms with Crippen LogP contribution in [0.3, 0.4) is 0 Å². The van der Waals surface area contributed by atoms with Gasteiger partial charge in [-0.1, -0.05) is 25.5 Å². The SMILES string of the molecule is CCCCNC(=O)C1CCC(C)N(C(=O)CCc2nc3ccccc3c(=O)n2C2CC2)C1. The number of amides is 2. The highest BCUT2D eigenvalue weighted by molar-refractivity contribution is 5.82. The molecule has 0 radical (unpaired) electrons. The van der Waals surface area contributed by atoms with E-state index in [2.05, 4.69) is 19.2 Å². The van der Waals surface area contributed by atoms with E-state index in [1.54, 1.807) is 4.57 Å². The molecule has 2 aliphatic rings. The van der Waals surface area contributed by atoms with Crippen LogP contribution in [0.4, 0.5) is 0 Å². The van der Waals surface area contributed by atoms with Crippen LogP contribution in [0.2, 0.25) is 0 Å². The molecule has 2 amide bonds. The predicted molar refractivity (Wildman–Crippen MR) is 124 cm³/mol. The highest BCUT2D eigenvalue weighted by Crippen LogP contribution is 2.35. The van der Waals surface area contributed by atoms with Gasteiger partial charge >= 0.3 is 0 Å². The van der Waals surface area contributed by atoms with Crippen LogP contribution >= 0.6 is 0 Å². The second kappa shape index (κ2) is 9.84. The molecule has 7 nitrogen and oxygen atoms in total. The van der Waals surface area contributed by atoms with Gasteiger partial charge in [0, 0.05) is 38.0 Å². The quantitative estimate of drug-likeness (QED) is 0.642. The lowest BCUT2D eigenvalue weighted by atomic mass is 9.92. The second-order valence-electron chi connectivity index (χ2n) is 9.27. The number of likely N-dealkylation sites (tertiary alicyclic amines) is 1. The largest absolute Gasteiger partial charge is 0.356 e. The van der Waals surface area contributed by atoms with Crippen molar-refractivity contribution in [2.45, 2.75) is 77.3 Å². The number of fused-ring (bicyclic) bond motifs is 1. The first-order valence-corrected chi connectivity index (χ1v) is 12.1. The Hall–Kier alpha value is -2.70. The van der Waals surface area contributed by atoms with Crippen LogP contribution in [0.5, 0.6) is 0 Å². The van der Waals surface area contributed by atoms with Gasteiger partial charge in [0.05, 0.1) is 16.8 Å². The number of hydrogen-bond acceptors (Lipinski definition) is 4. The Morgan fingerprint density at radius 3 is 2.69 bits per heavy atom.